The monoisotopic (exact) mass is 291 g/mol. The molecule has 0 aliphatic carbocycles. The van der Waals surface area contributed by atoms with Crippen molar-refractivity contribution in [3.8, 4) is 0 Å². The lowest BCUT2D eigenvalue weighted by Crippen LogP contribution is -2.37. The van der Waals surface area contributed by atoms with Gasteiger partial charge >= 0.3 is 0 Å². The van der Waals surface area contributed by atoms with E-state index in [2.05, 4.69) is 18.6 Å². The molecule has 1 atom stereocenters. The van der Waals surface area contributed by atoms with Gasteiger partial charge in [-0.2, -0.15) is 0 Å². The second kappa shape index (κ2) is 6.65. The summed E-state index contributed by atoms with van der Waals surface area (Å²) in [5.41, 5.74) is 0. The lowest BCUT2D eigenvalue weighted by molar-refractivity contribution is 0.285. The fourth-order valence-electron chi connectivity index (χ4n) is 1.98. The van der Waals surface area contributed by atoms with Crippen molar-refractivity contribution in [3.05, 3.63) is 17.0 Å². The van der Waals surface area contributed by atoms with Gasteiger partial charge in [0.2, 0.25) is 10.0 Å². The smallest absolute Gasteiger partial charge is 0.250 e. The summed E-state index contributed by atoms with van der Waals surface area (Å²) in [6.45, 7) is 5.90. The van der Waals surface area contributed by atoms with E-state index in [-0.39, 0.29) is 16.9 Å². The van der Waals surface area contributed by atoms with E-state index >= 15 is 0 Å². The Bertz CT molecular complexity index is 463. The number of rotatable bonds is 7. The van der Waals surface area contributed by atoms with Gasteiger partial charge in [-0.25, -0.2) is 13.1 Å². The molecule has 6 heteroatoms. The molecule has 18 heavy (non-hydrogen) atoms. The second-order valence-electron chi connectivity index (χ2n) is 4.37. The first kappa shape index (κ1) is 15.6. The van der Waals surface area contributed by atoms with E-state index in [0.29, 0.717) is 10.8 Å². The van der Waals surface area contributed by atoms with Crippen LogP contribution in [0.1, 0.15) is 38.5 Å². The van der Waals surface area contributed by atoms with Gasteiger partial charge in [0.05, 0.1) is 6.61 Å². The number of aliphatic hydroxyl groups excluding tert-OH is 1. The highest BCUT2D eigenvalue weighted by Crippen LogP contribution is 2.23. The third-order valence-corrected chi connectivity index (χ3v) is 6.28. The number of sulfonamides is 1. The molecule has 1 aromatic rings. The molecule has 0 aromatic carbocycles. The van der Waals surface area contributed by atoms with Gasteiger partial charge in [0.1, 0.15) is 4.21 Å². The minimum Gasteiger partial charge on any atom is -0.391 e. The van der Waals surface area contributed by atoms with Crippen molar-refractivity contribution in [1.29, 1.82) is 0 Å². The normalized spacial score (nSPS) is 14.1. The highest BCUT2D eigenvalue weighted by atomic mass is 32.2. The van der Waals surface area contributed by atoms with Crippen molar-refractivity contribution in [2.75, 3.05) is 0 Å². The Balaban J connectivity index is 2.81. The molecule has 0 spiro atoms. The maximum absolute atomic E-state index is 12.1. The topological polar surface area (TPSA) is 66.4 Å². The van der Waals surface area contributed by atoms with Crippen LogP contribution in [0.4, 0.5) is 0 Å². The molecule has 104 valence electrons. The molecule has 1 aromatic heterocycles. The standard InChI is InChI=1S/C12H21NO3S2/c1-4-10(5-2)9(3)13-18(15,16)12-7-6-11(8-14)17-12/h6-7,9-10,13-14H,4-5,8H2,1-3H3. The van der Waals surface area contributed by atoms with Crippen molar-refractivity contribution >= 4 is 21.4 Å². The zero-order valence-electron chi connectivity index (χ0n) is 11.0. The van der Waals surface area contributed by atoms with Gasteiger partial charge in [-0.3, -0.25) is 0 Å². The SMILES string of the molecule is CCC(CC)C(C)NS(=O)(=O)c1ccc(CO)s1. The van der Waals surface area contributed by atoms with Gasteiger partial charge in [-0.15, -0.1) is 11.3 Å². The quantitative estimate of drug-likeness (QED) is 0.810. The number of hydrogen-bond acceptors (Lipinski definition) is 4. The van der Waals surface area contributed by atoms with Crippen LogP contribution in [-0.4, -0.2) is 19.6 Å². The molecule has 0 fully saturated rings. The molecular formula is C12H21NO3S2. The molecule has 4 nitrogen and oxygen atoms in total. The Morgan fingerprint density at radius 3 is 2.39 bits per heavy atom. The Kier molecular flexibility index (Phi) is 5.78. The van der Waals surface area contributed by atoms with Crippen LogP contribution in [0, 0.1) is 5.92 Å². The summed E-state index contributed by atoms with van der Waals surface area (Å²) in [6, 6.07) is 3.10. The molecule has 1 unspecified atom stereocenters. The summed E-state index contributed by atoms with van der Waals surface area (Å²) >= 11 is 1.11. The summed E-state index contributed by atoms with van der Waals surface area (Å²) < 4.78 is 27.2. The van der Waals surface area contributed by atoms with Crippen molar-refractivity contribution in [1.82, 2.24) is 4.72 Å². The van der Waals surface area contributed by atoms with Crippen molar-refractivity contribution < 1.29 is 13.5 Å². The van der Waals surface area contributed by atoms with E-state index in [4.69, 9.17) is 5.11 Å². The van der Waals surface area contributed by atoms with Gasteiger partial charge in [0.15, 0.2) is 0 Å². The predicted molar refractivity (Wildman–Crippen MR) is 74.1 cm³/mol. The van der Waals surface area contributed by atoms with E-state index < -0.39 is 10.0 Å². The zero-order valence-corrected chi connectivity index (χ0v) is 12.6. The molecule has 0 radical (unpaired) electrons. The Labute approximate surface area is 113 Å². The predicted octanol–water partition coefficient (Wildman–Crippen LogP) is 2.34. The molecule has 0 saturated heterocycles. The molecule has 0 aliphatic heterocycles. The van der Waals surface area contributed by atoms with Crippen LogP contribution in [0.2, 0.25) is 0 Å². The molecule has 0 saturated carbocycles. The highest BCUT2D eigenvalue weighted by Gasteiger charge is 2.23. The molecular weight excluding hydrogens is 270 g/mol. The van der Waals surface area contributed by atoms with E-state index in [0.717, 1.165) is 24.2 Å². The van der Waals surface area contributed by atoms with Crippen LogP contribution in [0.25, 0.3) is 0 Å². The van der Waals surface area contributed by atoms with Crippen LogP contribution in [-0.2, 0) is 16.6 Å². The van der Waals surface area contributed by atoms with Gasteiger partial charge in [0.25, 0.3) is 0 Å². The van der Waals surface area contributed by atoms with Crippen LogP contribution >= 0.6 is 11.3 Å². The fraction of sp³-hybridized carbons (Fsp3) is 0.667. The van der Waals surface area contributed by atoms with Crippen molar-refractivity contribution in [2.24, 2.45) is 5.92 Å². The first-order valence-electron chi connectivity index (χ1n) is 6.16. The average molecular weight is 291 g/mol. The first-order chi connectivity index (χ1) is 8.44. The van der Waals surface area contributed by atoms with Gasteiger partial charge in [-0.1, -0.05) is 26.7 Å². The average Bonchev–Trinajstić information content (AvgIpc) is 2.79. The minimum atomic E-state index is -3.46. The van der Waals surface area contributed by atoms with Crippen molar-refractivity contribution in [2.45, 2.75) is 50.5 Å². The summed E-state index contributed by atoms with van der Waals surface area (Å²) in [5, 5.41) is 8.96. The first-order valence-corrected chi connectivity index (χ1v) is 8.46. The lowest BCUT2D eigenvalue weighted by Gasteiger charge is -2.21. The van der Waals surface area contributed by atoms with Gasteiger partial charge < -0.3 is 5.11 Å². The largest absolute Gasteiger partial charge is 0.391 e. The summed E-state index contributed by atoms with van der Waals surface area (Å²) in [7, 11) is -3.46. The molecule has 0 aliphatic rings. The molecule has 0 amide bonds. The van der Waals surface area contributed by atoms with Gasteiger partial charge in [0, 0.05) is 10.9 Å². The zero-order chi connectivity index (χ0) is 13.8. The summed E-state index contributed by atoms with van der Waals surface area (Å²) in [6.07, 6.45) is 1.90. The molecule has 1 heterocycles. The van der Waals surface area contributed by atoms with Crippen molar-refractivity contribution in [3.63, 3.8) is 0 Å². The van der Waals surface area contributed by atoms with E-state index in [1.54, 1.807) is 6.07 Å². The Hall–Kier alpha value is -0.430. The van der Waals surface area contributed by atoms with Gasteiger partial charge in [-0.05, 0) is 25.0 Å². The summed E-state index contributed by atoms with van der Waals surface area (Å²) in [5.74, 6) is 0.344. The number of thiophene rings is 1. The second-order valence-corrected chi connectivity index (χ2v) is 7.47. The van der Waals surface area contributed by atoms with E-state index in [1.165, 1.54) is 6.07 Å². The van der Waals surface area contributed by atoms with E-state index in [1.807, 2.05) is 6.92 Å². The minimum absolute atomic E-state index is 0.0790. The molecule has 1 rings (SSSR count). The third-order valence-electron chi connectivity index (χ3n) is 3.15. The Morgan fingerprint density at radius 1 is 1.33 bits per heavy atom. The third kappa shape index (κ3) is 3.78. The van der Waals surface area contributed by atoms with E-state index in [9.17, 15) is 8.42 Å². The van der Waals surface area contributed by atoms with Crippen LogP contribution in [0.5, 0.6) is 0 Å². The number of hydrogen-bond donors (Lipinski definition) is 2. The number of aliphatic hydroxyl groups is 1. The highest BCUT2D eigenvalue weighted by molar-refractivity contribution is 7.91. The van der Waals surface area contributed by atoms with Crippen LogP contribution in [0.3, 0.4) is 0 Å². The Morgan fingerprint density at radius 2 is 1.94 bits per heavy atom. The lowest BCUT2D eigenvalue weighted by atomic mass is 9.96. The number of nitrogens with one attached hydrogen (secondary N) is 1. The maximum Gasteiger partial charge on any atom is 0.250 e. The maximum atomic E-state index is 12.1. The molecule has 2 N–H and O–H groups in total. The molecule has 0 bridgehead atoms. The summed E-state index contributed by atoms with van der Waals surface area (Å²) in [4.78, 5) is 0.658. The van der Waals surface area contributed by atoms with Crippen LogP contribution < -0.4 is 4.72 Å². The van der Waals surface area contributed by atoms with Crippen LogP contribution in [0.15, 0.2) is 16.3 Å². The fourth-order valence-corrected chi connectivity index (χ4v) is 4.53.